The summed E-state index contributed by atoms with van der Waals surface area (Å²) >= 11 is 2.07. The van der Waals surface area contributed by atoms with E-state index < -0.39 is 0 Å². The van der Waals surface area contributed by atoms with E-state index in [4.69, 9.17) is 0 Å². The molecule has 0 unspecified atom stereocenters. The van der Waals surface area contributed by atoms with Gasteiger partial charge in [-0.2, -0.15) is 0 Å². The fourth-order valence-electron chi connectivity index (χ4n) is 6.43. The van der Waals surface area contributed by atoms with Crippen molar-refractivity contribution < 1.29 is 0 Å². The molecule has 0 amide bonds. The van der Waals surface area contributed by atoms with Crippen LogP contribution in [-0.2, 0) is 0 Å². The van der Waals surface area contributed by atoms with Crippen molar-refractivity contribution in [2.45, 2.75) is 48.5 Å². The molecular formula is C30H34N2S. The number of para-hydroxylation sites is 1. The van der Waals surface area contributed by atoms with Crippen molar-refractivity contribution in [3.8, 4) is 0 Å². The van der Waals surface area contributed by atoms with Gasteiger partial charge in [-0.3, -0.25) is 0 Å². The van der Waals surface area contributed by atoms with E-state index in [1.54, 1.807) is 11.3 Å². The molecule has 3 heteroatoms. The minimum Gasteiger partial charge on any atom is -0.367 e. The number of thioether (sulfide) groups is 1. The van der Waals surface area contributed by atoms with E-state index in [2.05, 4.69) is 100 Å². The van der Waals surface area contributed by atoms with Crippen LogP contribution in [0.2, 0.25) is 0 Å². The lowest BCUT2D eigenvalue weighted by Crippen LogP contribution is -2.46. The first-order valence-corrected chi connectivity index (χ1v) is 13.7. The summed E-state index contributed by atoms with van der Waals surface area (Å²) in [4.78, 5) is 7.07. The summed E-state index contributed by atoms with van der Waals surface area (Å²) in [7, 11) is 0. The molecular weight excluding hydrogens is 420 g/mol. The molecule has 0 aromatic heterocycles. The molecule has 0 radical (unpaired) electrons. The van der Waals surface area contributed by atoms with Crippen LogP contribution in [0.15, 0.2) is 83.8 Å². The van der Waals surface area contributed by atoms with E-state index in [0.29, 0.717) is 11.8 Å². The van der Waals surface area contributed by atoms with Gasteiger partial charge in [0.1, 0.15) is 0 Å². The molecule has 2 atom stereocenters. The zero-order valence-corrected chi connectivity index (χ0v) is 20.2. The van der Waals surface area contributed by atoms with Gasteiger partial charge in [0.05, 0.1) is 5.69 Å². The maximum Gasteiger partial charge on any atom is 0.0543 e. The average molecular weight is 455 g/mol. The monoisotopic (exact) mass is 454 g/mol. The van der Waals surface area contributed by atoms with Crippen LogP contribution in [0.4, 0.5) is 5.69 Å². The standard InChI is InChI=1S/C30H34N2S/c1-3-10-23(11-4-1)25(24-12-5-2-6-13-24)15-8-18-31-20-17-28-27(22-31)26-14-7-16-29-30(26)32(28)19-9-21-33-29/h1-7,10-14,16,25,27-28H,8-9,15,17-22H2/t27-,28-/m1/s1. The van der Waals surface area contributed by atoms with Crippen LogP contribution < -0.4 is 4.90 Å². The van der Waals surface area contributed by atoms with Crippen molar-refractivity contribution in [1.82, 2.24) is 4.90 Å². The molecule has 3 aromatic carbocycles. The predicted octanol–water partition coefficient (Wildman–Crippen LogP) is 6.77. The summed E-state index contributed by atoms with van der Waals surface area (Å²) in [6, 6.07) is 30.0. The van der Waals surface area contributed by atoms with Crippen molar-refractivity contribution in [2.75, 3.05) is 36.8 Å². The van der Waals surface area contributed by atoms with Crippen LogP contribution in [0.1, 0.15) is 54.2 Å². The van der Waals surface area contributed by atoms with Gasteiger partial charge in [-0.05, 0) is 60.7 Å². The van der Waals surface area contributed by atoms with Crippen molar-refractivity contribution in [3.63, 3.8) is 0 Å². The third-order valence-electron chi connectivity index (χ3n) is 7.95. The van der Waals surface area contributed by atoms with Crippen LogP contribution in [0.5, 0.6) is 0 Å². The largest absolute Gasteiger partial charge is 0.367 e. The zero-order valence-electron chi connectivity index (χ0n) is 19.4. The molecule has 3 aromatic rings. The third-order valence-corrected chi connectivity index (χ3v) is 9.08. The molecule has 170 valence electrons. The molecule has 2 nitrogen and oxygen atoms in total. The van der Waals surface area contributed by atoms with Gasteiger partial charge in [0, 0.05) is 42.4 Å². The maximum atomic E-state index is 2.79. The highest BCUT2D eigenvalue weighted by atomic mass is 32.2. The van der Waals surface area contributed by atoms with E-state index in [9.17, 15) is 0 Å². The van der Waals surface area contributed by atoms with Gasteiger partial charge in [0.25, 0.3) is 0 Å². The highest BCUT2D eigenvalue weighted by Crippen LogP contribution is 2.50. The number of fused-ring (bicyclic) bond motifs is 3. The van der Waals surface area contributed by atoms with Gasteiger partial charge in [-0.15, -0.1) is 11.8 Å². The van der Waals surface area contributed by atoms with Gasteiger partial charge in [-0.1, -0.05) is 72.8 Å². The van der Waals surface area contributed by atoms with Crippen LogP contribution >= 0.6 is 11.8 Å². The fourth-order valence-corrected chi connectivity index (χ4v) is 7.47. The lowest BCUT2D eigenvalue weighted by atomic mass is 9.86. The van der Waals surface area contributed by atoms with Crippen molar-refractivity contribution in [2.24, 2.45) is 0 Å². The predicted molar refractivity (Wildman–Crippen MR) is 141 cm³/mol. The first kappa shape index (κ1) is 21.3. The van der Waals surface area contributed by atoms with Crippen LogP contribution in [0.25, 0.3) is 0 Å². The smallest absolute Gasteiger partial charge is 0.0543 e. The van der Waals surface area contributed by atoms with Gasteiger partial charge in [-0.25, -0.2) is 0 Å². The van der Waals surface area contributed by atoms with E-state index >= 15 is 0 Å². The van der Waals surface area contributed by atoms with Gasteiger partial charge < -0.3 is 9.80 Å². The number of benzene rings is 3. The summed E-state index contributed by atoms with van der Waals surface area (Å²) in [5, 5.41) is 0. The Labute approximate surface area is 203 Å². The third kappa shape index (κ3) is 4.22. The Bertz CT molecular complexity index is 1030. The topological polar surface area (TPSA) is 6.48 Å². The van der Waals surface area contributed by atoms with E-state index in [0.717, 1.165) is 6.04 Å². The van der Waals surface area contributed by atoms with Gasteiger partial charge >= 0.3 is 0 Å². The molecule has 3 heterocycles. The van der Waals surface area contributed by atoms with Crippen LogP contribution in [0.3, 0.4) is 0 Å². The Balaban J connectivity index is 1.14. The molecule has 0 N–H and O–H groups in total. The molecule has 0 spiro atoms. The van der Waals surface area contributed by atoms with E-state index in [1.807, 2.05) is 0 Å². The molecule has 33 heavy (non-hydrogen) atoms. The van der Waals surface area contributed by atoms with Crippen molar-refractivity contribution >= 4 is 17.4 Å². The zero-order chi connectivity index (χ0) is 22.0. The number of hydrogen-bond donors (Lipinski definition) is 0. The normalized spacial score (nSPS) is 22.2. The lowest BCUT2D eigenvalue weighted by Gasteiger charge is -2.39. The number of nitrogens with zero attached hydrogens (tertiary/aromatic N) is 2. The SMILES string of the molecule is c1ccc(C(CCCN2CC[C@@H]3[C@H](C2)c2cccc4c2N3CCCS4)c2ccccc2)cc1. The highest BCUT2D eigenvalue weighted by Gasteiger charge is 2.43. The second-order valence-corrected chi connectivity index (χ2v) is 11.0. The molecule has 3 aliphatic rings. The summed E-state index contributed by atoms with van der Waals surface area (Å²) in [5.74, 6) is 2.44. The summed E-state index contributed by atoms with van der Waals surface area (Å²) in [6.07, 6.45) is 5.08. The first-order chi connectivity index (χ1) is 16.4. The molecule has 0 saturated carbocycles. The Hall–Kier alpha value is -2.23. The number of hydrogen-bond acceptors (Lipinski definition) is 3. The molecule has 1 fully saturated rings. The van der Waals surface area contributed by atoms with E-state index in [-0.39, 0.29) is 0 Å². The van der Waals surface area contributed by atoms with Gasteiger partial charge in [0.15, 0.2) is 0 Å². The average Bonchev–Trinajstić information content (AvgIpc) is 3.03. The quantitative estimate of drug-likeness (QED) is 0.406. The second-order valence-electron chi connectivity index (χ2n) is 9.87. The van der Waals surface area contributed by atoms with Crippen LogP contribution in [-0.4, -0.2) is 42.9 Å². The van der Waals surface area contributed by atoms with Gasteiger partial charge in [0.2, 0.25) is 0 Å². The Morgan fingerprint density at radius 1 is 0.848 bits per heavy atom. The Morgan fingerprint density at radius 2 is 1.61 bits per heavy atom. The number of likely N-dealkylation sites (tertiary alicyclic amines) is 1. The molecule has 0 aliphatic carbocycles. The lowest BCUT2D eigenvalue weighted by molar-refractivity contribution is 0.189. The first-order valence-electron chi connectivity index (χ1n) is 12.7. The second kappa shape index (κ2) is 9.56. The number of piperidine rings is 1. The number of anilines is 1. The van der Waals surface area contributed by atoms with Crippen molar-refractivity contribution in [1.29, 1.82) is 0 Å². The molecule has 3 aliphatic heterocycles. The minimum atomic E-state index is 0.491. The van der Waals surface area contributed by atoms with Crippen molar-refractivity contribution in [3.05, 3.63) is 95.6 Å². The van der Waals surface area contributed by atoms with E-state index in [1.165, 1.54) is 73.6 Å². The highest BCUT2D eigenvalue weighted by molar-refractivity contribution is 7.99. The Morgan fingerprint density at radius 3 is 2.36 bits per heavy atom. The van der Waals surface area contributed by atoms with Crippen LogP contribution in [0, 0.1) is 0 Å². The molecule has 0 bridgehead atoms. The summed E-state index contributed by atoms with van der Waals surface area (Å²) in [6.45, 7) is 4.93. The molecule has 1 saturated heterocycles. The summed E-state index contributed by atoms with van der Waals surface area (Å²) in [5.41, 5.74) is 6.11. The summed E-state index contributed by atoms with van der Waals surface area (Å²) < 4.78 is 0. The number of rotatable bonds is 6. The maximum absolute atomic E-state index is 2.79. The minimum absolute atomic E-state index is 0.491. The Kier molecular flexibility index (Phi) is 6.17. The molecule has 6 rings (SSSR count). The fraction of sp³-hybridized carbons (Fsp3) is 0.400.